The summed E-state index contributed by atoms with van der Waals surface area (Å²) in [5.74, 6) is 1.19. The number of aliphatic hydroxyl groups is 1. The number of hydrogen-bond donors (Lipinski definition) is 1. The second-order valence-corrected chi connectivity index (χ2v) is 8.52. The predicted octanol–water partition coefficient (Wildman–Crippen LogP) is 4.85. The van der Waals surface area contributed by atoms with Crippen LogP contribution in [0.5, 0.6) is 11.6 Å². The van der Waals surface area contributed by atoms with Gasteiger partial charge in [0.2, 0.25) is 5.88 Å². The Bertz CT molecular complexity index is 1040. The quantitative estimate of drug-likeness (QED) is 0.352. The summed E-state index contributed by atoms with van der Waals surface area (Å²) in [4.78, 5) is 9.17. The van der Waals surface area contributed by atoms with Gasteiger partial charge in [-0.25, -0.2) is 4.98 Å². The minimum absolute atomic E-state index is 0.391. The van der Waals surface area contributed by atoms with Crippen LogP contribution >= 0.6 is 23.2 Å². The van der Waals surface area contributed by atoms with Crippen molar-refractivity contribution >= 4 is 39.8 Å². The van der Waals surface area contributed by atoms with Gasteiger partial charge in [0.05, 0.1) is 27.9 Å². The lowest BCUT2D eigenvalue weighted by atomic mass is 10.2. The normalized spacial score (nSPS) is 14.7. The minimum atomic E-state index is -0.391. The van der Waals surface area contributed by atoms with Crippen molar-refractivity contribution in [3.8, 4) is 11.6 Å². The maximum absolute atomic E-state index is 8.89. The highest BCUT2D eigenvalue weighted by atomic mass is 35.5. The molecule has 170 valence electrons. The molecule has 4 rings (SSSR count). The summed E-state index contributed by atoms with van der Waals surface area (Å²) in [6.07, 6.45) is 2.07. The lowest BCUT2D eigenvalue weighted by Crippen LogP contribution is -2.46. The van der Waals surface area contributed by atoms with Gasteiger partial charge in [-0.05, 0) is 49.7 Å². The highest BCUT2D eigenvalue weighted by molar-refractivity contribution is 6.43. The fraction of sp³-hybridized carbons (Fsp3) is 0.375. The van der Waals surface area contributed by atoms with E-state index in [9.17, 15) is 0 Å². The van der Waals surface area contributed by atoms with Crippen LogP contribution in [0.4, 0.5) is 5.69 Å². The lowest BCUT2D eigenvalue weighted by Gasteiger charge is -2.36. The third kappa shape index (κ3) is 5.75. The molecular formula is C24H27Cl2N3O3. The third-order valence-corrected chi connectivity index (χ3v) is 6.44. The summed E-state index contributed by atoms with van der Waals surface area (Å²) in [5.41, 5.74) is 1.80. The van der Waals surface area contributed by atoms with Gasteiger partial charge in [-0.1, -0.05) is 29.3 Å². The van der Waals surface area contributed by atoms with E-state index < -0.39 is 6.79 Å². The fourth-order valence-corrected chi connectivity index (χ4v) is 4.31. The van der Waals surface area contributed by atoms with Gasteiger partial charge in [0, 0.05) is 43.7 Å². The van der Waals surface area contributed by atoms with Crippen molar-refractivity contribution in [3.05, 3.63) is 58.6 Å². The van der Waals surface area contributed by atoms with E-state index in [1.165, 1.54) is 0 Å². The smallest absolute Gasteiger partial charge is 0.216 e. The molecule has 0 unspecified atom stereocenters. The lowest BCUT2D eigenvalue weighted by molar-refractivity contribution is 0.0945. The molecule has 0 bridgehead atoms. The number of aliphatic hydroxyl groups excluding tert-OH is 1. The van der Waals surface area contributed by atoms with Crippen LogP contribution in [0.15, 0.2) is 48.5 Å². The van der Waals surface area contributed by atoms with Crippen molar-refractivity contribution in [1.82, 2.24) is 9.88 Å². The summed E-state index contributed by atoms with van der Waals surface area (Å²) in [6, 6.07) is 15.3. The molecule has 1 aliphatic rings. The molecule has 3 aromatic rings. The van der Waals surface area contributed by atoms with Gasteiger partial charge < -0.3 is 19.5 Å². The fourth-order valence-electron chi connectivity index (χ4n) is 3.89. The molecule has 0 aliphatic carbocycles. The Hall–Kier alpha value is -2.25. The van der Waals surface area contributed by atoms with E-state index in [1.807, 2.05) is 42.5 Å². The Kier molecular flexibility index (Phi) is 7.92. The maximum atomic E-state index is 8.89. The number of unbranched alkanes of at least 4 members (excludes halogenated alkanes) is 1. The summed E-state index contributed by atoms with van der Waals surface area (Å²) in [6.45, 7) is 5.25. The van der Waals surface area contributed by atoms with Crippen LogP contribution in [-0.4, -0.2) is 61.1 Å². The Morgan fingerprint density at radius 3 is 2.56 bits per heavy atom. The number of rotatable bonds is 9. The molecule has 0 radical (unpaired) electrons. The highest BCUT2D eigenvalue weighted by Crippen LogP contribution is 2.32. The number of fused-ring (bicyclic) bond motifs is 1. The summed E-state index contributed by atoms with van der Waals surface area (Å²) < 4.78 is 11.0. The van der Waals surface area contributed by atoms with E-state index in [0.29, 0.717) is 22.5 Å². The van der Waals surface area contributed by atoms with Crippen LogP contribution in [0.1, 0.15) is 12.8 Å². The first-order chi connectivity index (χ1) is 15.6. The van der Waals surface area contributed by atoms with Gasteiger partial charge in [-0.3, -0.25) is 4.90 Å². The molecule has 1 fully saturated rings. The van der Waals surface area contributed by atoms with E-state index in [1.54, 1.807) is 6.07 Å². The molecule has 2 heterocycles. The molecule has 1 aliphatic heterocycles. The highest BCUT2D eigenvalue weighted by Gasteiger charge is 2.19. The van der Waals surface area contributed by atoms with Crippen LogP contribution in [0.2, 0.25) is 10.0 Å². The second kappa shape index (κ2) is 11.1. The first-order valence-electron chi connectivity index (χ1n) is 10.8. The predicted molar refractivity (Wildman–Crippen MR) is 129 cm³/mol. The SMILES string of the molecule is OCOc1ccc2ccc(OCCCCN3CCN(c4cccc(Cl)c4Cl)CC3)cc2n1. The molecular weight excluding hydrogens is 449 g/mol. The average Bonchev–Trinajstić information content (AvgIpc) is 2.81. The number of hydrogen-bond acceptors (Lipinski definition) is 6. The van der Waals surface area contributed by atoms with E-state index in [-0.39, 0.29) is 0 Å². The van der Waals surface area contributed by atoms with Gasteiger partial charge in [0.25, 0.3) is 0 Å². The zero-order chi connectivity index (χ0) is 22.3. The summed E-state index contributed by atoms with van der Waals surface area (Å²) in [5, 5.41) is 11.1. The van der Waals surface area contributed by atoms with E-state index >= 15 is 0 Å². The van der Waals surface area contributed by atoms with Crippen molar-refractivity contribution in [2.75, 3.05) is 51.0 Å². The molecule has 6 nitrogen and oxygen atoms in total. The maximum Gasteiger partial charge on any atom is 0.216 e. The Labute approximate surface area is 198 Å². The first kappa shape index (κ1) is 22.9. The number of nitrogens with zero attached hydrogens (tertiary/aromatic N) is 3. The van der Waals surface area contributed by atoms with Gasteiger partial charge in [-0.2, -0.15) is 0 Å². The molecule has 0 atom stereocenters. The summed E-state index contributed by atoms with van der Waals surface area (Å²) in [7, 11) is 0. The van der Waals surface area contributed by atoms with Crippen LogP contribution in [0.25, 0.3) is 10.9 Å². The molecule has 1 aromatic heterocycles. The van der Waals surface area contributed by atoms with E-state index in [0.717, 1.165) is 67.9 Å². The number of pyridine rings is 1. The molecule has 0 amide bonds. The van der Waals surface area contributed by atoms with Crippen molar-refractivity contribution in [1.29, 1.82) is 0 Å². The number of halogens is 2. The third-order valence-electron chi connectivity index (χ3n) is 5.63. The number of benzene rings is 2. The number of ether oxygens (including phenoxy) is 2. The molecule has 8 heteroatoms. The monoisotopic (exact) mass is 475 g/mol. The van der Waals surface area contributed by atoms with E-state index in [2.05, 4.69) is 14.8 Å². The molecule has 32 heavy (non-hydrogen) atoms. The topological polar surface area (TPSA) is 58.1 Å². The van der Waals surface area contributed by atoms with Crippen molar-refractivity contribution in [3.63, 3.8) is 0 Å². The molecule has 2 aromatic carbocycles. The minimum Gasteiger partial charge on any atom is -0.494 e. The van der Waals surface area contributed by atoms with Crippen LogP contribution in [0.3, 0.4) is 0 Å². The first-order valence-corrected chi connectivity index (χ1v) is 11.6. The van der Waals surface area contributed by atoms with Gasteiger partial charge in [0.1, 0.15) is 5.75 Å². The van der Waals surface area contributed by atoms with Crippen molar-refractivity contribution in [2.24, 2.45) is 0 Å². The van der Waals surface area contributed by atoms with E-state index in [4.69, 9.17) is 37.8 Å². The van der Waals surface area contributed by atoms with Crippen LogP contribution in [0, 0.1) is 0 Å². The van der Waals surface area contributed by atoms with Crippen molar-refractivity contribution in [2.45, 2.75) is 12.8 Å². The largest absolute Gasteiger partial charge is 0.494 e. The number of piperazine rings is 1. The van der Waals surface area contributed by atoms with Crippen LogP contribution < -0.4 is 14.4 Å². The standard InChI is InChI=1S/C24H27Cl2N3O3/c25-20-4-3-5-22(24(20)26)29-13-11-28(12-14-29)10-1-2-15-31-19-8-6-18-7-9-23(32-17-30)27-21(18)16-19/h3-9,16,30H,1-2,10-15,17H2. The number of anilines is 1. The zero-order valence-electron chi connectivity index (χ0n) is 17.8. The molecule has 1 saturated heterocycles. The van der Waals surface area contributed by atoms with Gasteiger partial charge in [0.15, 0.2) is 6.79 Å². The van der Waals surface area contributed by atoms with Crippen molar-refractivity contribution < 1.29 is 14.6 Å². The van der Waals surface area contributed by atoms with Crippen LogP contribution in [-0.2, 0) is 0 Å². The zero-order valence-corrected chi connectivity index (χ0v) is 19.4. The average molecular weight is 476 g/mol. The Morgan fingerprint density at radius 2 is 1.75 bits per heavy atom. The van der Waals surface area contributed by atoms with Gasteiger partial charge in [-0.15, -0.1) is 0 Å². The Balaban J connectivity index is 1.18. The molecule has 1 N–H and O–H groups in total. The second-order valence-electron chi connectivity index (χ2n) is 7.73. The Morgan fingerprint density at radius 1 is 0.938 bits per heavy atom. The molecule has 0 spiro atoms. The summed E-state index contributed by atoms with van der Waals surface area (Å²) >= 11 is 12.5. The molecule has 0 saturated carbocycles. The number of aromatic nitrogens is 1. The van der Waals surface area contributed by atoms with Gasteiger partial charge >= 0.3 is 0 Å².